The van der Waals surface area contributed by atoms with Crippen LogP contribution in [0.3, 0.4) is 0 Å². The lowest BCUT2D eigenvalue weighted by Gasteiger charge is -2.39. The zero-order chi connectivity index (χ0) is 20.4. The maximum Gasteiger partial charge on any atom is 0.405 e. The summed E-state index contributed by atoms with van der Waals surface area (Å²) in [6, 6.07) is 4.94. The molecule has 2 amide bonds. The lowest BCUT2D eigenvalue weighted by Crippen LogP contribution is -2.45. The van der Waals surface area contributed by atoms with Gasteiger partial charge in [0.25, 0.3) is 0 Å². The van der Waals surface area contributed by atoms with Crippen LogP contribution in [0, 0.1) is 0 Å². The quantitative estimate of drug-likeness (QED) is 0.809. The van der Waals surface area contributed by atoms with E-state index in [1.54, 1.807) is 4.90 Å². The van der Waals surface area contributed by atoms with Gasteiger partial charge in [0, 0.05) is 37.2 Å². The Morgan fingerprint density at radius 3 is 2.79 bits per heavy atom. The maximum absolute atomic E-state index is 12.1. The number of amides is 2. The van der Waals surface area contributed by atoms with Gasteiger partial charge in [0.05, 0.1) is 6.04 Å². The van der Waals surface area contributed by atoms with Gasteiger partial charge in [0.2, 0.25) is 17.6 Å². The summed E-state index contributed by atoms with van der Waals surface area (Å²) < 4.78 is 5.32. The summed E-state index contributed by atoms with van der Waals surface area (Å²) in [4.78, 5) is 31.5. The highest BCUT2D eigenvalue weighted by atomic mass is 16.5. The molecule has 0 saturated carbocycles. The zero-order valence-electron chi connectivity index (χ0n) is 16.5. The Balaban J connectivity index is 1.96. The van der Waals surface area contributed by atoms with E-state index in [9.17, 15) is 14.7 Å². The van der Waals surface area contributed by atoms with Crippen LogP contribution in [0.15, 0.2) is 22.7 Å². The topological polar surface area (TPSA) is 112 Å². The molecule has 0 fully saturated rings. The Labute approximate surface area is 163 Å². The third-order valence-corrected chi connectivity index (χ3v) is 4.82. The van der Waals surface area contributed by atoms with Gasteiger partial charge in [-0.3, -0.25) is 4.79 Å². The summed E-state index contributed by atoms with van der Waals surface area (Å²) in [5.41, 5.74) is 2.15. The van der Waals surface area contributed by atoms with Crippen molar-refractivity contribution >= 4 is 17.7 Å². The van der Waals surface area contributed by atoms with Crippen molar-refractivity contribution in [3.05, 3.63) is 29.7 Å². The number of anilines is 1. The zero-order valence-corrected chi connectivity index (χ0v) is 16.5. The molecule has 28 heavy (non-hydrogen) atoms. The second kappa shape index (κ2) is 7.97. The monoisotopic (exact) mass is 387 g/mol. The highest BCUT2D eigenvalue weighted by Gasteiger charge is 2.33. The predicted molar refractivity (Wildman–Crippen MR) is 103 cm³/mol. The molecule has 3 rings (SSSR count). The van der Waals surface area contributed by atoms with E-state index in [-0.39, 0.29) is 11.9 Å². The molecule has 1 aliphatic rings. The molecule has 1 aromatic carbocycles. The Bertz CT molecular complexity index is 879. The second-order valence-corrected chi connectivity index (χ2v) is 7.31. The number of nitrogens with one attached hydrogen (secondary N) is 1. The number of hydrogen-bond donors (Lipinski definition) is 2. The molecule has 0 spiro atoms. The largest absolute Gasteiger partial charge is 0.465 e. The molecular formula is C19H25N5O4. The first kappa shape index (κ1) is 19.8. The van der Waals surface area contributed by atoms with Crippen LogP contribution in [-0.2, 0) is 11.2 Å². The fraction of sp³-hybridized carbons (Fsp3) is 0.474. The van der Waals surface area contributed by atoms with Gasteiger partial charge in [-0.05, 0) is 51.2 Å². The molecule has 0 unspecified atom stereocenters. The summed E-state index contributed by atoms with van der Waals surface area (Å²) in [7, 11) is 3.94. The number of nitrogens with zero attached hydrogens (tertiary/aromatic N) is 4. The fourth-order valence-electron chi connectivity index (χ4n) is 3.56. The molecule has 0 radical (unpaired) electrons. The van der Waals surface area contributed by atoms with Crippen molar-refractivity contribution in [3.8, 4) is 11.4 Å². The molecule has 9 nitrogen and oxygen atoms in total. The Morgan fingerprint density at radius 1 is 1.39 bits per heavy atom. The minimum absolute atomic E-state index is 0.0826. The van der Waals surface area contributed by atoms with E-state index in [2.05, 4.69) is 15.5 Å². The molecule has 0 aliphatic carbocycles. The Morgan fingerprint density at radius 2 is 2.14 bits per heavy atom. The summed E-state index contributed by atoms with van der Waals surface area (Å²) in [6.07, 6.45) is 0.0299. The first-order valence-electron chi connectivity index (χ1n) is 9.17. The van der Waals surface area contributed by atoms with Crippen LogP contribution < -0.4 is 10.2 Å². The van der Waals surface area contributed by atoms with Crippen LogP contribution in [0.2, 0.25) is 0 Å². The van der Waals surface area contributed by atoms with E-state index in [0.717, 1.165) is 12.1 Å². The van der Waals surface area contributed by atoms with E-state index in [1.165, 1.54) is 6.92 Å². The Hall–Kier alpha value is -2.94. The summed E-state index contributed by atoms with van der Waals surface area (Å²) in [5, 5.41) is 15.8. The molecule has 2 heterocycles. The highest BCUT2D eigenvalue weighted by Crippen LogP contribution is 2.39. The Kier molecular flexibility index (Phi) is 5.64. The molecule has 2 aromatic rings. The van der Waals surface area contributed by atoms with Crippen LogP contribution >= 0.6 is 0 Å². The lowest BCUT2D eigenvalue weighted by molar-refractivity contribution is -0.117. The number of rotatable bonds is 5. The SMILES string of the molecule is CC(=O)N1c2ccc(-c3noc(CCN(C)C)n3)cc2[C@H](NC(=O)O)C[C@@H]1C. The third-order valence-electron chi connectivity index (χ3n) is 4.82. The van der Waals surface area contributed by atoms with Crippen molar-refractivity contribution in [3.63, 3.8) is 0 Å². The van der Waals surface area contributed by atoms with Gasteiger partial charge in [0.15, 0.2) is 0 Å². The number of carbonyl (C=O) groups excluding carboxylic acids is 1. The maximum atomic E-state index is 12.1. The normalized spacial score (nSPS) is 18.8. The van der Waals surface area contributed by atoms with Gasteiger partial charge >= 0.3 is 6.09 Å². The van der Waals surface area contributed by atoms with E-state index in [1.807, 2.05) is 44.1 Å². The van der Waals surface area contributed by atoms with Gasteiger partial charge in [0.1, 0.15) is 0 Å². The van der Waals surface area contributed by atoms with Gasteiger partial charge in [-0.15, -0.1) is 0 Å². The lowest BCUT2D eigenvalue weighted by atomic mass is 9.90. The number of benzene rings is 1. The van der Waals surface area contributed by atoms with Crippen molar-refractivity contribution in [2.75, 3.05) is 25.5 Å². The van der Waals surface area contributed by atoms with Crippen molar-refractivity contribution in [1.29, 1.82) is 0 Å². The molecule has 2 atom stereocenters. The molecule has 150 valence electrons. The molecular weight excluding hydrogens is 362 g/mol. The molecule has 1 aliphatic heterocycles. The van der Waals surface area contributed by atoms with Crippen molar-refractivity contribution in [2.45, 2.75) is 38.8 Å². The molecule has 0 saturated heterocycles. The molecule has 1 aromatic heterocycles. The first-order valence-corrected chi connectivity index (χ1v) is 9.17. The number of hydrogen-bond acceptors (Lipinski definition) is 6. The minimum atomic E-state index is -1.10. The van der Waals surface area contributed by atoms with Crippen molar-refractivity contribution in [1.82, 2.24) is 20.4 Å². The van der Waals surface area contributed by atoms with Gasteiger partial charge in [-0.2, -0.15) is 4.98 Å². The third kappa shape index (κ3) is 4.14. The van der Waals surface area contributed by atoms with Crippen LogP contribution in [0.25, 0.3) is 11.4 Å². The molecule has 0 bridgehead atoms. The second-order valence-electron chi connectivity index (χ2n) is 7.31. The highest BCUT2D eigenvalue weighted by molar-refractivity contribution is 5.94. The van der Waals surface area contributed by atoms with Gasteiger partial charge in [-0.1, -0.05) is 5.16 Å². The van der Waals surface area contributed by atoms with E-state index in [0.29, 0.717) is 35.8 Å². The fourth-order valence-corrected chi connectivity index (χ4v) is 3.56. The number of carboxylic acid groups (broad SMARTS) is 1. The number of fused-ring (bicyclic) bond motifs is 1. The van der Waals surface area contributed by atoms with Crippen LogP contribution in [0.1, 0.15) is 37.8 Å². The van der Waals surface area contributed by atoms with Crippen LogP contribution in [0.5, 0.6) is 0 Å². The first-order chi connectivity index (χ1) is 13.3. The minimum Gasteiger partial charge on any atom is -0.465 e. The van der Waals surface area contributed by atoms with E-state index < -0.39 is 12.1 Å². The van der Waals surface area contributed by atoms with Gasteiger partial charge in [-0.25, -0.2) is 4.79 Å². The average molecular weight is 387 g/mol. The van der Waals surface area contributed by atoms with E-state index in [4.69, 9.17) is 4.52 Å². The summed E-state index contributed by atoms with van der Waals surface area (Å²) >= 11 is 0. The molecule has 9 heteroatoms. The summed E-state index contributed by atoms with van der Waals surface area (Å²) in [5.74, 6) is 0.903. The predicted octanol–water partition coefficient (Wildman–Crippen LogP) is 2.29. The molecule has 2 N–H and O–H groups in total. The number of aromatic nitrogens is 2. The van der Waals surface area contributed by atoms with Crippen LogP contribution in [0.4, 0.5) is 10.5 Å². The smallest absolute Gasteiger partial charge is 0.405 e. The van der Waals surface area contributed by atoms with Crippen molar-refractivity contribution < 1.29 is 19.2 Å². The van der Waals surface area contributed by atoms with Crippen LogP contribution in [-0.4, -0.2) is 58.8 Å². The van der Waals surface area contributed by atoms with E-state index >= 15 is 0 Å². The average Bonchev–Trinajstić information content (AvgIpc) is 3.08. The van der Waals surface area contributed by atoms with Gasteiger partial charge < -0.3 is 24.7 Å². The summed E-state index contributed by atoms with van der Waals surface area (Å²) in [6.45, 7) is 4.21. The number of likely N-dealkylation sites (N-methyl/N-ethyl adjacent to an activating group) is 1. The number of carbonyl (C=O) groups is 2. The standard InChI is InChI=1S/C19H25N5O4/c1-11-9-15(20-19(26)27)14-10-13(5-6-16(14)24(11)12(2)25)18-21-17(28-22-18)7-8-23(3)4/h5-6,10-11,15,20H,7-9H2,1-4H3,(H,26,27)/t11-,15+/m0/s1. The van der Waals surface area contributed by atoms with Crippen molar-refractivity contribution in [2.24, 2.45) is 0 Å².